The Hall–Kier alpha value is 0.0600. The van der Waals surface area contributed by atoms with Crippen molar-refractivity contribution in [3.8, 4) is 0 Å². The van der Waals surface area contributed by atoms with E-state index < -0.39 is 0 Å². The summed E-state index contributed by atoms with van der Waals surface area (Å²) in [6, 6.07) is 2.18. The van der Waals surface area contributed by atoms with Crippen LogP contribution in [0.25, 0.3) is 0 Å². The fourth-order valence-electron chi connectivity index (χ4n) is 3.00. The summed E-state index contributed by atoms with van der Waals surface area (Å²) in [5, 5.41) is 5.65. The van der Waals surface area contributed by atoms with Gasteiger partial charge in [-0.25, -0.2) is 0 Å². The second kappa shape index (κ2) is 6.44. The van der Waals surface area contributed by atoms with E-state index in [4.69, 9.17) is 4.74 Å². The first-order chi connectivity index (χ1) is 9.26. The highest BCUT2D eigenvalue weighted by Crippen LogP contribution is 2.27. The van der Waals surface area contributed by atoms with E-state index in [1.807, 2.05) is 0 Å². The largest absolute Gasteiger partial charge is 0.367 e. The van der Waals surface area contributed by atoms with Crippen molar-refractivity contribution in [3.05, 3.63) is 20.8 Å². The Morgan fingerprint density at radius 3 is 2.50 bits per heavy atom. The van der Waals surface area contributed by atoms with Crippen LogP contribution in [0.4, 0.5) is 0 Å². The standard InChI is InChI=1S/C15H25BrN2OS/c1-14(2)10-18(11-15(3,4)19-14)6-5-17-8-13-7-12(16)9-20-13/h7,9,17H,5-6,8,10-11H2,1-4H3. The van der Waals surface area contributed by atoms with Crippen LogP contribution in [0.2, 0.25) is 0 Å². The summed E-state index contributed by atoms with van der Waals surface area (Å²) in [5.74, 6) is 0. The summed E-state index contributed by atoms with van der Waals surface area (Å²) in [6.45, 7) is 13.8. The summed E-state index contributed by atoms with van der Waals surface area (Å²) in [7, 11) is 0. The van der Waals surface area contributed by atoms with E-state index in [1.165, 1.54) is 9.35 Å². The molecule has 20 heavy (non-hydrogen) atoms. The molecule has 0 saturated carbocycles. The lowest BCUT2D eigenvalue weighted by molar-refractivity contribution is -0.180. The third-order valence-corrected chi connectivity index (χ3v) is 4.98. The molecule has 0 unspecified atom stereocenters. The zero-order valence-electron chi connectivity index (χ0n) is 12.8. The van der Waals surface area contributed by atoms with Gasteiger partial charge in [0, 0.05) is 47.5 Å². The highest BCUT2D eigenvalue weighted by Gasteiger charge is 2.37. The minimum absolute atomic E-state index is 0.0552. The summed E-state index contributed by atoms with van der Waals surface area (Å²) < 4.78 is 7.28. The summed E-state index contributed by atoms with van der Waals surface area (Å²) in [4.78, 5) is 3.88. The normalized spacial score (nSPS) is 22.1. The number of ether oxygens (including phenoxy) is 1. The first-order valence-corrected chi connectivity index (χ1v) is 8.79. The molecule has 0 amide bonds. The van der Waals surface area contributed by atoms with E-state index in [-0.39, 0.29) is 11.2 Å². The lowest BCUT2D eigenvalue weighted by Crippen LogP contribution is -2.58. The van der Waals surface area contributed by atoms with E-state index >= 15 is 0 Å². The molecule has 5 heteroatoms. The number of nitrogens with zero attached hydrogens (tertiary/aromatic N) is 1. The Morgan fingerprint density at radius 2 is 1.95 bits per heavy atom. The molecule has 0 spiro atoms. The third kappa shape index (κ3) is 5.11. The molecule has 3 nitrogen and oxygen atoms in total. The Kier molecular flexibility index (Phi) is 5.29. The molecule has 1 aromatic rings. The van der Waals surface area contributed by atoms with Gasteiger partial charge in [0.05, 0.1) is 11.2 Å². The zero-order chi connectivity index (χ0) is 14.8. The maximum Gasteiger partial charge on any atom is 0.0760 e. The average molecular weight is 361 g/mol. The quantitative estimate of drug-likeness (QED) is 0.813. The van der Waals surface area contributed by atoms with Gasteiger partial charge in [-0.15, -0.1) is 11.3 Å². The van der Waals surface area contributed by atoms with Gasteiger partial charge >= 0.3 is 0 Å². The molecule has 0 bridgehead atoms. The van der Waals surface area contributed by atoms with E-state index in [0.29, 0.717) is 0 Å². The summed E-state index contributed by atoms with van der Waals surface area (Å²) in [6.07, 6.45) is 0. The zero-order valence-corrected chi connectivity index (χ0v) is 15.2. The fourth-order valence-corrected chi connectivity index (χ4v) is 4.42. The van der Waals surface area contributed by atoms with E-state index in [9.17, 15) is 0 Å². The monoisotopic (exact) mass is 360 g/mol. The molecule has 0 atom stereocenters. The highest BCUT2D eigenvalue weighted by atomic mass is 79.9. The third-order valence-electron chi connectivity index (χ3n) is 3.29. The van der Waals surface area contributed by atoms with E-state index in [1.54, 1.807) is 11.3 Å². The van der Waals surface area contributed by atoms with E-state index in [2.05, 4.69) is 65.3 Å². The first kappa shape index (κ1) is 16.4. The minimum Gasteiger partial charge on any atom is -0.367 e. The molecular weight excluding hydrogens is 336 g/mol. The molecule has 2 heterocycles. The molecule has 0 aliphatic carbocycles. The molecule has 0 radical (unpaired) electrons. The van der Waals surface area contributed by atoms with Gasteiger partial charge in [-0.3, -0.25) is 4.90 Å². The number of hydrogen-bond acceptors (Lipinski definition) is 4. The number of thiophene rings is 1. The number of nitrogens with one attached hydrogen (secondary N) is 1. The Balaban J connectivity index is 1.73. The van der Waals surface area contributed by atoms with Crippen molar-refractivity contribution < 1.29 is 4.74 Å². The van der Waals surface area contributed by atoms with Crippen LogP contribution in [-0.2, 0) is 11.3 Å². The second-order valence-corrected chi connectivity index (χ2v) is 8.65. The number of morpholine rings is 1. The topological polar surface area (TPSA) is 24.5 Å². The summed E-state index contributed by atoms with van der Waals surface area (Å²) in [5.41, 5.74) is -0.110. The molecular formula is C15H25BrN2OS. The van der Waals surface area contributed by atoms with Crippen LogP contribution in [0, 0.1) is 0 Å². The van der Waals surface area contributed by atoms with Gasteiger partial charge in [-0.05, 0) is 49.7 Å². The van der Waals surface area contributed by atoms with Crippen LogP contribution in [0.5, 0.6) is 0 Å². The highest BCUT2D eigenvalue weighted by molar-refractivity contribution is 9.10. The lowest BCUT2D eigenvalue weighted by Gasteiger charge is -2.47. The van der Waals surface area contributed by atoms with Gasteiger partial charge in [-0.2, -0.15) is 0 Å². The van der Waals surface area contributed by atoms with Gasteiger partial charge in [0.2, 0.25) is 0 Å². The van der Waals surface area contributed by atoms with Gasteiger partial charge in [0.15, 0.2) is 0 Å². The number of hydrogen-bond donors (Lipinski definition) is 1. The van der Waals surface area contributed by atoms with Crippen LogP contribution in [0.15, 0.2) is 15.9 Å². The van der Waals surface area contributed by atoms with Gasteiger partial charge in [0.1, 0.15) is 0 Å². The van der Waals surface area contributed by atoms with Crippen molar-refractivity contribution in [1.82, 2.24) is 10.2 Å². The molecule has 2 rings (SSSR count). The van der Waals surface area contributed by atoms with Crippen molar-refractivity contribution >= 4 is 27.3 Å². The molecule has 1 N–H and O–H groups in total. The Bertz CT molecular complexity index is 429. The van der Waals surface area contributed by atoms with Gasteiger partial charge in [-0.1, -0.05) is 0 Å². The maximum atomic E-state index is 6.10. The lowest BCUT2D eigenvalue weighted by atomic mass is 9.99. The predicted octanol–water partition coefficient (Wildman–Crippen LogP) is 3.49. The second-order valence-electron chi connectivity index (χ2n) is 6.74. The van der Waals surface area contributed by atoms with Crippen molar-refractivity contribution in [3.63, 3.8) is 0 Å². The van der Waals surface area contributed by atoms with Crippen LogP contribution >= 0.6 is 27.3 Å². The Morgan fingerprint density at radius 1 is 1.30 bits per heavy atom. The SMILES string of the molecule is CC1(C)CN(CCNCc2cc(Br)cs2)CC(C)(C)O1. The number of halogens is 1. The molecule has 1 aliphatic rings. The average Bonchev–Trinajstić information content (AvgIpc) is 2.66. The number of rotatable bonds is 5. The minimum atomic E-state index is -0.0552. The molecule has 0 aromatic carbocycles. The van der Waals surface area contributed by atoms with Crippen molar-refractivity contribution in [1.29, 1.82) is 0 Å². The van der Waals surface area contributed by atoms with Crippen LogP contribution < -0.4 is 5.32 Å². The predicted molar refractivity (Wildman–Crippen MR) is 89.4 cm³/mol. The van der Waals surface area contributed by atoms with Crippen molar-refractivity contribution in [2.75, 3.05) is 26.2 Å². The molecule has 1 aliphatic heterocycles. The van der Waals surface area contributed by atoms with Gasteiger partial charge < -0.3 is 10.1 Å². The molecule has 1 aromatic heterocycles. The summed E-state index contributed by atoms with van der Waals surface area (Å²) >= 11 is 5.28. The Labute approximate surface area is 134 Å². The fraction of sp³-hybridized carbons (Fsp3) is 0.733. The van der Waals surface area contributed by atoms with E-state index in [0.717, 1.165) is 32.7 Å². The molecule has 114 valence electrons. The first-order valence-electron chi connectivity index (χ1n) is 7.12. The van der Waals surface area contributed by atoms with Crippen LogP contribution in [0.3, 0.4) is 0 Å². The van der Waals surface area contributed by atoms with Gasteiger partial charge in [0.25, 0.3) is 0 Å². The van der Waals surface area contributed by atoms with Crippen molar-refractivity contribution in [2.45, 2.75) is 45.4 Å². The molecule has 1 fully saturated rings. The maximum absolute atomic E-state index is 6.10. The smallest absolute Gasteiger partial charge is 0.0760 e. The van der Waals surface area contributed by atoms with Crippen molar-refractivity contribution in [2.24, 2.45) is 0 Å². The van der Waals surface area contributed by atoms with Crippen LogP contribution in [0.1, 0.15) is 32.6 Å². The molecule has 1 saturated heterocycles. The van der Waals surface area contributed by atoms with Crippen LogP contribution in [-0.4, -0.2) is 42.3 Å².